The second-order valence-corrected chi connectivity index (χ2v) is 4.73. The molecule has 0 fully saturated rings. The molecule has 0 aliphatic heterocycles. The van der Waals surface area contributed by atoms with Gasteiger partial charge in [0.25, 0.3) is 0 Å². The highest BCUT2D eigenvalue weighted by atomic mass is 16.5. The highest BCUT2D eigenvalue weighted by Gasteiger charge is 2.10. The number of nitrogens with one attached hydrogen (secondary N) is 2. The van der Waals surface area contributed by atoms with Crippen molar-refractivity contribution < 1.29 is 14.3 Å². The van der Waals surface area contributed by atoms with Crippen LogP contribution in [0.2, 0.25) is 0 Å². The van der Waals surface area contributed by atoms with E-state index in [1.54, 1.807) is 6.07 Å². The first-order chi connectivity index (χ1) is 10.5. The van der Waals surface area contributed by atoms with Gasteiger partial charge in [-0.15, -0.1) is 5.10 Å². The Kier molecular flexibility index (Phi) is 4.72. The van der Waals surface area contributed by atoms with E-state index in [9.17, 15) is 9.59 Å². The standard InChI is InChI=1S/C14H17N5O3/c1-9-4-5-12(22-3)11(6-9)16-14(21)8-19-7-13(17-18-19)15-10(2)20/h4-7H,8H2,1-3H3,(H,15,20)(H,16,21). The molecule has 0 spiro atoms. The smallest absolute Gasteiger partial charge is 0.246 e. The number of aryl methyl sites for hydroxylation is 1. The Bertz CT molecular complexity index is 696. The first-order valence-corrected chi connectivity index (χ1v) is 6.60. The van der Waals surface area contributed by atoms with E-state index in [4.69, 9.17) is 4.74 Å². The summed E-state index contributed by atoms with van der Waals surface area (Å²) in [6.07, 6.45) is 1.48. The van der Waals surface area contributed by atoms with Crippen LogP contribution in [0.25, 0.3) is 0 Å². The molecule has 0 saturated carbocycles. The van der Waals surface area contributed by atoms with Gasteiger partial charge in [0, 0.05) is 6.92 Å². The van der Waals surface area contributed by atoms with Crippen LogP contribution in [-0.2, 0) is 16.1 Å². The van der Waals surface area contributed by atoms with Gasteiger partial charge in [0.15, 0.2) is 5.82 Å². The zero-order chi connectivity index (χ0) is 16.1. The molecule has 2 amide bonds. The molecule has 0 saturated heterocycles. The fourth-order valence-electron chi connectivity index (χ4n) is 1.87. The third kappa shape index (κ3) is 4.05. The molecule has 2 N–H and O–H groups in total. The van der Waals surface area contributed by atoms with E-state index in [1.807, 2.05) is 19.1 Å². The van der Waals surface area contributed by atoms with Gasteiger partial charge < -0.3 is 15.4 Å². The summed E-state index contributed by atoms with van der Waals surface area (Å²) in [5.74, 6) is 0.356. The van der Waals surface area contributed by atoms with Crippen molar-refractivity contribution in [1.29, 1.82) is 0 Å². The van der Waals surface area contributed by atoms with Crippen LogP contribution < -0.4 is 15.4 Å². The lowest BCUT2D eigenvalue weighted by molar-refractivity contribution is -0.117. The molecule has 1 aromatic carbocycles. The minimum Gasteiger partial charge on any atom is -0.495 e. The first-order valence-electron chi connectivity index (χ1n) is 6.60. The predicted octanol–water partition coefficient (Wildman–Crippen LogP) is 1.19. The largest absolute Gasteiger partial charge is 0.495 e. The van der Waals surface area contributed by atoms with Gasteiger partial charge in [0.2, 0.25) is 11.8 Å². The second-order valence-electron chi connectivity index (χ2n) is 4.73. The van der Waals surface area contributed by atoms with E-state index in [0.29, 0.717) is 17.3 Å². The van der Waals surface area contributed by atoms with Crippen LogP contribution in [-0.4, -0.2) is 33.9 Å². The van der Waals surface area contributed by atoms with Crippen molar-refractivity contribution >= 4 is 23.3 Å². The molecule has 0 radical (unpaired) electrons. The summed E-state index contributed by atoms with van der Waals surface area (Å²) in [6.45, 7) is 3.27. The molecule has 2 rings (SSSR count). The highest BCUT2D eigenvalue weighted by molar-refractivity contribution is 5.92. The Hall–Kier alpha value is -2.90. The summed E-state index contributed by atoms with van der Waals surface area (Å²) in [5.41, 5.74) is 1.60. The van der Waals surface area contributed by atoms with Gasteiger partial charge in [0.1, 0.15) is 12.3 Å². The van der Waals surface area contributed by atoms with E-state index in [-0.39, 0.29) is 18.4 Å². The average molecular weight is 303 g/mol. The monoisotopic (exact) mass is 303 g/mol. The third-order valence-corrected chi connectivity index (χ3v) is 2.78. The molecule has 1 heterocycles. The van der Waals surface area contributed by atoms with Crippen molar-refractivity contribution in [1.82, 2.24) is 15.0 Å². The fourth-order valence-corrected chi connectivity index (χ4v) is 1.87. The number of amides is 2. The van der Waals surface area contributed by atoms with Gasteiger partial charge in [0.05, 0.1) is 19.0 Å². The molecule has 0 bridgehead atoms. The molecule has 0 atom stereocenters. The lowest BCUT2D eigenvalue weighted by atomic mass is 10.2. The SMILES string of the molecule is COc1ccc(C)cc1NC(=O)Cn1cc(NC(C)=O)nn1. The van der Waals surface area contributed by atoms with Gasteiger partial charge in [-0.1, -0.05) is 11.3 Å². The van der Waals surface area contributed by atoms with Crippen LogP contribution in [0.1, 0.15) is 12.5 Å². The summed E-state index contributed by atoms with van der Waals surface area (Å²) in [6, 6.07) is 5.50. The number of aromatic nitrogens is 3. The van der Waals surface area contributed by atoms with Gasteiger partial charge in [-0.05, 0) is 24.6 Å². The van der Waals surface area contributed by atoms with Crippen LogP contribution in [0, 0.1) is 6.92 Å². The molecule has 1 aromatic heterocycles. The number of benzene rings is 1. The Balaban J connectivity index is 2.02. The minimum atomic E-state index is -0.275. The van der Waals surface area contributed by atoms with Crippen molar-refractivity contribution in [3.05, 3.63) is 30.0 Å². The van der Waals surface area contributed by atoms with Crippen LogP contribution in [0.4, 0.5) is 11.5 Å². The highest BCUT2D eigenvalue weighted by Crippen LogP contribution is 2.25. The van der Waals surface area contributed by atoms with E-state index in [0.717, 1.165) is 5.56 Å². The van der Waals surface area contributed by atoms with Gasteiger partial charge >= 0.3 is 0 Å². The number of ether oxygens (including phenoxy) is 1. The van der Waals surface area contributed by atoms with Crippen molar-refractivity contribution in [3.8, 4) is 5.75 Å². The lowest BCUT2D eigenvalue weighted by Gasteiger charge is -2.10. The van der Waals surface area contributed by atoms with E-state index >= 15 is 0 Å². The number of rotatable bonds is 5. The van der Waals surface area contributed by atoms with Crippen LogP contribution in [0.5, 0.6) is 5.75 Å². The molecular weight excluding hydrogens is 286 g/mol. The van der Waals surface area contributed by atoms with Gasteiger partial charge in [-0.3, -0.25) is 9.59 Å². The first kappa shape index (κ1) is 15.5. The molecule has 8 nitrogen and oxygen atoms in total. The molecule has 2 aromatic rings. The van der Waals surface area contributed by atoms with Crippen molar-refractivity contribution in [3.63, 3.8) is 0 Å². The van der Waals surface area contributed by atoms with E-state index in [2.05, 4.69) is 20.9 Å². The number of carbonyl (C=O) groups excluding carboxylic acids is 2. The maximum absolute atomic E-state index is 12.1. The summed E-state index contributed by atoms with van der Waals surface area (Å²) in [4.78, 5) is 23.0. The molecule has 0 aliphatic carbocycles. The lowest BCUT2D eigenvalue weighted by Crippen LogP contribution is -2.19. The number of nitrogens with zero attached hydrogens (tertiary/aromatic N) is 3. The Morgan fingerprint density at radius 3 is 2.77 bits per heavy atom. The Morgan fingerprint density at radius 1 is 1.32 bits per heavy atom. The fraction of sp³-hybridized carbons (Fsp3) is 0.286. The molecule has 22 heavy (non-hydrogen) atoms. The summed E-state index contributed by atoms with van der Waals surface area (Å²) in [7, 11) is 1.54. The topological polar surface area (TPSA) is 98.1 Å². The van der Waals surface area contributed by atoms with E-state index in [1.165, 1.54) is 24.9 Å². The summed E-state index contributed by atoms with van der Waals surface area (Å²) < 4.78 is 6.54. The normalized spacial score (nSPS) is 10.1. The third-order valence-electron chi connectivity index (χ3n) is 2.78. The maximum atomic E-state index is 12.1. The van der Waals surface area contributed by atoms with E-state index < -0.39 is 0 Å². The average Bonchev–Trinajstić information content (AvgIpc) is 2.85. The van der Waals surface area contributed by atoms with Crippen LogP contribution >= 0.6 is 0 Å². The Morgan fingerprint density at radius 2 is 2.09 bits per heavy atom. The van der Waals surface area contributed by atoms with Crippen molar-refractivity contribution in [2.24, 2.45) is 0 Å². The Labute approximate surface area is 127 Å². The number of hydrogen-bond acceptors (Lipinski definition) is 5. The molecule has 0 aliphatic rings. The maximum Gasteiger partial charge on any atom is 0.246 e. The van der Waals surface area contributed by atoms with Crippen molar-refractivity contribution in [2.45, 2.75) is 20.4 Å². The zero-order valence-electron chi connectivity index (χ0n) is 12.6. The van der Waals surface area contributed by atoms with Gasteiger partial charge in [-0.25, -0.2) is 4.68 Å². The predicted molar refractivity (Wildman–Crippen MR) is 80.7 cm³/mol. The number of hydrogen-bond donors (Lipinski definition) is 2. The molecule has 0 unspecified atom stereocenters. The van der Waals surface area contributed by atoms with Crippen molar-refractivity contribution in [2.75, 3.05) is 17.7 Å². The molecular formula is C14H17N5O3. The van der Waals surface area contributed by atoms with Crippen LogP contribution in [0.3, 0.4) is 0 Å². The summed E-state index contributed by atoms with van der Waals surface area (Å²) >= 11 is 0. The molecule has 8 heteroatoms. The zero-order valence-corrected chi connectivity index (χ0v) is 12.6. The number of methoxy groups -OCH3 is 1. The second kappa shape index (κ2) is 6.70. The molecule has 116 valence electrons. The van der Waals surface area contributed by atoms with Crippen LogP contribution in [0.15, 0.2) is 24.4 Å². The summed E-state index contributed by atoms with van der Waals surface area (Å²) in [5, 5.41) is 12.8. The number of anilines is 2. The quantitative estimate of drug-likeness (QED) is 0.864. The van der Waals surface area contributed by atoms with Gasteiger partial charge in [-0.2, -0.15) is 0 Å². The minimum absolute atomic E-state index is 0.0241. The number of carbonyl (C=O) groups is 2.